The van der Waals surface area contributed by atoms with E-state index in [0.29, 0.717) is 0 Å². The van der Waals surface area contributed by atoms with Gasteiger partial charge in [-0.25, -0.2) is 4.39 Å². The fourth-order valence-electron chi connectivity index (χ4n) is 4.07. The van der Waals surface area contributed by atoms with Crippen molar-refractivity contribution in [3.63, 3.8) is 0 Å². The van der Waals surface area contributed by atoms with Gasteiger partial charge in [-0.15, -0.1) is 0 Å². The number of nitrogens with zero attached hydrogens (tertiary/aromatic N) is 1. The van der Waals surface area contributed by atoms with Crippen LogP contribution in [0.25, 0.3) is 0 Å². The zero-order valence-electron chi connectivity index (χ0n) is 15.0. The van der Waals surface area contributed by atoms with E-state index in [4.69, 9.17) is 0 Å². The number of hydrogen-bond donors (Lipinski definition) is 1. The first kappa shape index (κ1) is 17.2. The summed E-state index contributed by atoms with van der Waals surface area (Å²) in [7, 11) is 0. The first-order valence-electron chi connectivity index (χ1n) is 9.57. The minimum atomic E-state index is -0.193. The van der Waals surface area contributed by atoms with Gasteiger partial charge in [0, 0.05) is 31.2 Å². The second-order valence-corrected chi connectivity index (χ2v) is 7.49. The van der Waals surface area contributed by atoms with Gasteiger partial charge in [-0.2, -0.15) is 0 Å². The van der Waals surface area contributed by atoms with Gasteiger partial charge in [0.2, 0.25) is 0 Å². The summed E-state index contributed by atoms with van der Waals surface area (Å²) in [6, 6.07) is 13.1. The topological polar surface area (TPSA) is 32.3 Å². The van der Waals surface area contributed by atoms with Gasteiger partial charge in [0.25, 0.3) is 5.91 Å². The van der Waals surface area contributed by atoms with Crippen LogP contribution in [0.15, 0.2) is 42.5 Å². The molecule has 0 aromatic heterocycles. The van der Waals surface area contributed by atoms with Crippen molar-refractivity contribution in [2.75, 3.05) is 13.1 Å². The molecule has 136 valence electrons. The number of piperidine rings is 1. The third-order valence-corrected chi connectivity index (χ3v) is 5.60. The molecule has 0 bridgehead atoms. The number of rotatable bonds is 4. The van der Waals surface area contributed by atoms with Crippen molar-refractivity contribution in [3.05, 3.63) is 70.5 Å². The van der Waals surface area contributed by atoms with Crippen molar-refractivity contribution >= 4 is 5.91 Å². The predicted octanol–water partition coefficient (Wildman–Crippen LogP) is 3.71. The van der Waals surface area contributed by atoms with Crippen LogP contribution in [0.4, 0.5) is 4.39 Å². The Bertz CT molecular complexity index is 779. The standard InChI is InChI=1S/C22H25FN2O/c23-20-8-4-16(5-9-20)15-25-12-10-21(11-13-25)24-22(26)19-7-6-17-2-1-3-18(17)14-19/h4-9,14,21H,1-3,10-13,15H2,(H,24,26). The molecule has 1 aliphatic carbocycles. The van der Waals surface area contributed by atoms with E-state index in [1.807, 2.05) is 18.2 Å². The zero-order chi connectivity index (χ0) is 17.9. The normalized spacial score (nSPS) is 17.9. The van der Waals surface area contributed by atoms with Gasteiger partial charge in [-0.1, -0.05) is 18.2 Å². The third kappa shape index (κ3) is 3.96. The third-order valence-electron chi connectivity index (χ3n) is 5.60. The van der Waals surface area contributed by atoms with Crippen molar-refractivity contribution in [2.24, 2.45) is 0 Å². The van der Waals surface area contributed by atoms with Gasteiger partial charge < -0.3 is 5.32 Å². The molecule has 4 rings (SSSR count). The number of hydrogen-bond acceptors (Lipinski definition) is 2. The van der Waals surface area contributed by atoms with Gasteiger partial charge >= 0.3 is 0 Å². The Labute approximate surface area is 154 Å². The van der Waals surface area contributed by atoms with Crippen LogP contribution >= 0.6 is 0 Å². The molecule has 0 spiro atoms. The molecule has 0 saturated carbocycles. The summed E-state index contributed by atoms with van der Waals surface area (Å²) in [6.07, 6.45) is 5.35. The summed E-state index contributed by atoms with van der Waals surface area (Å²) in [5.41, 5.74) is 4.66. The number of fused-ring (bicyclic) bond motifs is 1. The number of aryl methyl sites for hydroxylation is 2. The Balaban J connectivity index is 1.28. The maximum Gasteiger partial charge on any atom is 0.251 e. The van der Waals surface area contributed by atoms with Gasteiger partial charge in [0.1, 0.15) is 5.82 Å². The largest absolute Gasteiger partial charge is 0.349 e. The van der Waals surface area contributed by atoms with E-state index >= 15 is 0 Å². The number of amides is 1. The average Bonchev–Trinajstić information content (AvgIpc) is 3.13. The summed E-state index contributed by atoms with van der Waals surface area (Å²) in [6.45, 7) is 2.74. The lowest BCUT2D eigenvalue weighted by Crippen LogP contribution is -2.44. The Kier molecular flexibility index (Phi) is 5.02. The average molecular weight is 352 g/mol. The molecule has 0 radical (unpaired) electrons. The summed E-state index contributed by atoms with van der Waals surface area (Å²) in [5, 5.41) is 3.20. The fraction of sp³-hybridized carbons (Fsp3) is 0.409. The molecule has 1 fully saturated rings. The molecule has 1 saturated heterocycles. The minimum Gasteiger partial charge on any atom is -0.349 e. The molecule has 2 aromatic carbocycles. The van der Waals surface area contributed by atoms with Crippen LogP contribution in [-0.4, -0.2) is 29.9 Å². The van der Waals surface area contributed by atoms with Crippen molar-refractivity contribution in [2.45, 2.75) is 44.7 Å². The van der Waals surface area contributed by atoms with Crippen LogP contribution < -0.4 is 5.32 Å². The van der Waals surface area contributed by atoms with Gasteiger partial charge in [-0.05, 0) is 73.1 Å². The highest BCUT2D eigenvalue weighted by Crippen LogP contribution is 2.23. The number of halogens is 1. The SMILES string of the molecule is O=C(NC1CCN(Cc2ccc(F)cc2)CC1)c1ccc2c(c1)CCC2. The minimum absolute atomic E-state index is 0.0525. The molecule has 1 N–H and O–H groups in total. The smallest absolute Gasteiger partial charge is 0.251 e. The summed E-state index contributed by atoms with van der Waals surface area (Å²) in [4.78, 5) is 14.9. The van der Waals surface area contributed by atoms with E-state index in [1.54, 1.807) is 0 Å². The molecule has 2 aromatic rings. The van der Waals surface area contributed by atoms with Crippen LogP contribution in [0.2, 0.25) is 0 Å². The van der Waals surface area contributed by atoms with Crippen LogP contribution in [0.1, 0.15) is 46.3 Å². The molecule has 3 nitrogen and oxygen atoms in total. The van der Waals surface area contributed by atoms with E-state index in [0.717, 1.165) is 56.4 Å². The second-order valence-electron chi connectivity index (χ2n) is 7.49. The first-order chi connectivity index (χ1) is 12.7. The van der Waals surface area contributed by atoms with Gasteiger partial charge in [0.05, 0.1) is 0 Å². The highest BCUT2D eigenvalue weighted by molar-refractivity contribution is 5.94. The van der Waals surface area contributed by atoms with Crippen molar-refractivity contribution < 1.29 is 9.18 Å². The molecular weight excluding hydrogens is 327 g/mol. The fourth-order valence-corrected chi connectivity index (χ4v) is 4.07. The van der Waals surface area contributed by atoms with E-state index in [9.17, 15) is 9.18 Å². The Morgan fingerprint density at radius 2 is 1.77 bits per heavy atom. The monoisotopic (exact) mass is 352 g/mol. The molecule has 1 aliphatic heterocycles. The number of benzene rings is 2. The molecule has 2 aliphatic rings. The summed E-state index contributed by atoms with van der Waals surface area (Å²) >= 11 is 0. The van der Waals surface area contributed by atoms with Gasteiger partial charge in [0.15, 0.2) is 0 Å². The van der Waals surface area contributed by atoms with Crippen molar-refractivity contribution in [3.8, 4) is 0 Å². The molecular formula is C22H25FN2O. The quantitative estimate of drug-likeness (QED) is 0.910. The molecule has 4 heteroatoms. The second kappa shape index (κ2) is 7.58. The number of carbonyl (C=O) groups is 1. The molecule has 1 amide bonds. The number of carbonyl (C=O) groups excluding carboxylic acids is 1. The Morgan fingerprint density at radius 3 is 2.54 bits per heavy atom. The highest BCUT2D eigenvalue weighted by Gasteiger charge is 2.22. The van der Waals surface area contributed by atoms with E-state index in [2.05, 4.69) is 22.3 Å². The van der Waals surface area contributed by atoms with E-state index in [1.165, 1.54) is 29.7 Å². The Morgan fingerprint density at radius 1 is 1.04 bits per heavy atom. The van der Waals surface area contributed by atoms with Crippen LogP contribution in [0.3, 0.4) is 0 Å². The maximum atomic E-state index is 13.0. The lowest BCUT2D eigenvalue weighted by molar-refractivity contribution is 0.0909. The Hall–Kier alpha value is -2.20. The number of nitrogens with one attached hydrogen (secondary N) is 1. The molecule has 0 unspecified atom stereocenters. The van der Waals surface area contributed by atoms with Crippen LogP contribution in [-0.2, 0) is 19.4 Å². The van der Waals surface area contributed by atoms with Crippen LogP contribution in [0, 0.1) is 5.82 Å². The summed E-state index contributed by atoms with van der Waals surface area (Å²) in [5.74, 6) is -0.140. The molecule has 0 atom stereocenters. The lowest BCUT2D eigenvalue weighted by Gasteiger charge is -2.32. The van der Waals surface area contributed by atoms with Crippen molar-refractivity contribution in [1.82, 2.24) is 10.2 Å². The molecule has 26 heavy (non-hydrogen) atoms. The zero-order valence-corrected chi connectivity index (χ0v) is 15.0. The van der Waals surface area contributed by atoms with E-state index in [-0.39, 0.29) is 17.8 Å². The van der Waals surface area contributed by atoms with Crippen LogP contribution in [0.5, 0.6) is 0 Å². The van der Waals surface area contributed by atoms with Gasteiger partial charge in [-0.3, -0.25) is 9.69 Å². The first-order valence-corrected chi connectivity index (χ1v) is 9.57. The molecule has 1 heterocycles. The predicted molar refractivity (Wildman–Crippen MR) is 101 cm³/mol. The maximum absolute atomic E-state index is 13.0. The lowest BCUT2D eigenvalue weighted by atomic mass is 10.0. The van der Waals surface area contributed by atoms with Crippen molar-refractivity contribution in [1.29, 1.82) is 0 Å². The summed E-state index contributed by atoms with van der Waals surface area (Å²) < 4.78 is 13.0. The number of likely N-dealkylation sites (tertiary alicyclic amines) is 1. The highest BCUT2D eigenvalue weighted by atomic mass is 19.1. The van der Waals surface area contributed by atoms with E-state index < -0.39 is 0 Å².